The third kappa shape index (κ3) is 2.75. The van der Waals surface area contributed by atoms with Crippen LogP contribution in [0.3, 0.4) is 0 Å². The second-order valence-corrected chi connectivity index (χ2v) is 6.32. The number of hydrogen-bond donors (Lipinski definition) is 0. The molecular weight excluding hydrogens is 345 g/mol. The molecule has 5 rings (SSSR count). The number of nitrogens with zero attached hydrogens (tertiary/aromatic N) is 3. The molecule has 0 bridgehead atoms. The van der Waals surface area contributed by atoms with Gasteiger partial charge < -0.3 is 9.15 Å². The van der Waals surface area contributed by atoms with Gasteiger partial charge in [0.15, 0.2) is 5.58 Å². The molecule has 0 radical (unpaired) electrons. The predicted octanol–water partition coefficient (Wildman–Crippen LogP) is 4.71. The number of rotatable bonds is 3. The number of benzene rings is 2. The lowest BCUT2D eigenvalue weighted by Gasteiger charge is -2.03. The Hall–Kier alpha value is -3.54. The largest absolute Gasteiger partial charge is 0.495 e. The van der Waals surface area contributed by atoms with Crippen LogP contribution in [0, 0.1) is 5.82 Å². The highest BCUT2D eigenvalue weighted by molar-refractivity contribution is 6.04. The lowest BCUT2D eigenvalue weighted by Crippen LogP contribution is -2.00. The Morgan fingerprint density at radius 3 is 2.85 bits per heavy atom. The molecule has 0 saturated heterocycles. The van der Waals surface area contributed by atoms with Crippen molar-refractivity contribution in [2.45, 2.75) is 6.42 Å². The minimum atomic E-state index is -0.298. The van der Waals surface area contributed by atoms with Gasteiger partial charge in [0, 0.05) is 18.2 Å². The van der Waals surface area contributed by atoms with E-state index < -0.39 is 0 Å². The number of hydrogen-bond acceptors (Lipinski definition) is 5. The third-order valence-corrected chi connectivity index (χ3v) is 4.58. The first-order valence-corrected chi connectivity index (χ1v) is 8.46. The topological polar surface area (TPSA) is 60.5 Å². The second kappa shape index (κ2) is 6.02. The molecule has 1 aliphatic heterocycles. The molecule has 0 aliphatic carbocycles. The zero-order valence-electron chi connectivity index (χ0n) is 14.4. The van der Waals surface area contributed by atoms with Crippen molar-refractivity contribution in [2.75, 3.05) is 7.11 Å². The first-order chi connectivity index (χ1) is 13.2. The number of methoxy groups -OCH3 is 1. The van der Waals surface area contributed by atoms with Crippen LogP contribution in [0.25, 0.3) is 22.2 Å². The van der Waals surface area contributed by atoms with Crippen molar-refractivity contribution >= 4 is 22.5 Å². The summed E-state index contributed by atoms with van der Waals surface area (Å²) >= 11 is 0. The highest BCUT2D eigenvalue weighted by Crippen LogP contribution is 2.31. The van der Waals surface area contributed by atoms with Gasteiger partial charge in [0.25, 0.3) is 0 Å². The number of aliphatic imine (C=N–C) groups is 1. The van der Waals surface area contributed by atoms with Gasteiger partial charge in [0.05, 0.1) is 19.0 Å². The van der Waals surface area contributed by atoms with E-state index in [-0.39, 0.29) is 5.82 Å². The van der Waals surface area contributed by atoms with Gasteiger partial charge in [-0.25, -0.2) is 14.4 Å². The molecule has 27 heavy (non-hydrogen) atoms. The van der Waals surface area contributed by atoms with Gasteiger partial charge in [-0.2, -0.15) is 0 Å². The van der Waals surface area contributed by atoms with Crippen LogP contribution in [0.5, 0.6) is 5.75 Å². The molecule has 0 amide bonds. The van der Waals surface area contributed by atoms with Crippen molar-refractivity contribution in [2.24, 2.45) is 4.99 Å². The fraction of sp³-hybridized carbons (Fsp3) is 0.0952. The maximum atomic E-state index is 13.4. The quantitative estimate of drug-likeness (QED) is 0.531. The first kappa shape index (κ1) is 15.7. The van der Waals surface area contributed by atoms with Crippen molar-refractivity contribution in [3.05, 3.63) is 72.1 Å². The van der Waals surface area contributed by atoms with E-state index in [1.807, 2.05) is 24.3 Å². The monoisotopic (exact) mass is 359 g/mol. The highest BCUT2D eigenvalue weighted by Gasteiger charge is 2.21. The Labute approximate surface area is 154 Å². The van der Waals surface area contributed by atoms with Crippen LogP contribution in [-0.4, -0.2) is 22.8 Å². The SMILES string of the molecule is COc1cncc(-c2ccc3nc(C4=Nc5cc(F)ccc5C4)oc3c2)c1. The van der Waals surface area contributed by atoms with Crippen LogP contribution in [0.1, 0.15) is 11.5 Å². The number of ether oxygens (including phenoxy) is 1. The average Bonchev–Trinajstić information content (AvgIpc) is 3.30. The molecule has 0 atom stereocenters. The zero-order chi connectivity index (χ0) is 18.4. The summed E-state index contributed by atoms with van der Waals surface area (Å²) in [4.78, 5) is 13.2. The third-order valence-electron chi connectivity index (χ3n) is 4.58. The van der Waals surface area contributed by atoms with E-state index in [0.717, 1.165) is 22.2 Å². The molecular formula is C21H14FN3O2. The van der Waals surface area contributed by atoms with E-state index in [9.17, 15) is 4.39 Å². The average molecular weight is 359 g/mol. The second-order valence-electron chi connectivity index (χ2n) is 6.32. The fourth-order valence-corrected chi connectivity index (χ4v) is 3.20. The van der Waals surface area contributed by atoms with Gasteiger partial charge in [0.2, 0.25) is 5.89 Å². The highest BCUT2D eigenvalue weighted by atomic mass is 19.1. The fourth-order valence-electron chi connectivity index (χ4n) is 3.20. The Morgan fingerprint density at radius 1 is 1.04 bits per heavy atom. The smallest absolute Gasteiger partial charge is 0.242 e. The summed E-state index contributed by atoms with van der Waals surface area (Å²) in [5.41, 5.74) is 5.60. The molecule has 0 unspecified atom stereocenters. The molecule has 132 valence electrons. The summed E-state index contributed by atoms with van der Waals surface area (Å²) in [6.45, 7) is 0. The standard InChI is InChI=1S/C21H14FN3O2/c1-26-16-6-14(10-23-11-16)12-3-5-17-20(8-12)27-21(25-17)19-7-13-2-4-15(22)9-18(13)24-19/h2-6,8-11H,7H2,1H3. The minimum absolute atomic E-state index is 0.298. The molecule has 5 nitrogen and oxygen atoms in total. The van der Waals surface area contributed by atoms with Crippen molar-refractivity contribution in [3.63, 3.8) is 0 Å². The summed E-state index contributed by atoms with van der Waals surface area (Å²) in [5.74, 6) is 0.853. The van der Waals surface area contributed by atoms with E-state index in [1.54, 1.807) is 25.6 Å². The molecule has 0 spiro atoms. The van der Waals surface area contributed by atoms with Crippen molar-refractivity contribution < 1.29 is 13.5 Å². The Balaban J connectivity index is 1.52. The summed E-state index contributed by atoms with van der Waals surface area (Å²) < 4.78 is 24.6. The van der Waals surface area contributed by atoms with Gasteiger partial charge in [-0.1, -0.05) is 12.1 Å². The van der Waals surface area contributed by atoms with Gasteiger partial charge in [0.1, 0.15) is 22.8 Å². The van der Waals surface area contributed by atoms with E-state index in [1.165, 1.54) is 12.1 Å². The Morgan fingerprint density at radius 2 is 1.96 bits per heavy atom. The molecule has 6 heteroatoms. The normalized spacial score (nSPS) is 12.9. The van der Waals surface area contributed by atoms with Crippen molar-refractivity contribution in [1.29, 1.82) is 0 Å². The van der Waals surface area contributed by atoms with Gasteiger partial charge in [-0.3, -0.25) is 4.98 Å². The molecule has 0 saturated carbocycles. The summed E-state index contributed by atoms with van der Waals surface area (Å²) in [6, 6.07) is 12.3. The zero-order valence-corrected chi connectivity index (χ0v) is 14.4. The van der Waals surface area contributed by atoms with Crippen LogP contribution in [0.4, 0.5) is 10.1 Å². The number of pyridine rings is 1. The van der Waals surface area contributed by atoms with E-state index in [0.29, 0.717) is 35.0 Å². The molecule has 0 fully saturated rings. The predicted molar refractivity (Wildman–Crippen MR) is 100 cm³/mol. The summed E-state index contributed by atoms with van der Waals surface area (Å²) in [6.07, 6.45) is 4.01. The van der Waals surface area contributed by atoms with E-state index in [4.69, 9.17) is 9.15 Å². The maximum Gasteiger partial charge on any atom is 0.242 e. The molecule has 0 N–H and O–H groups in total. The van der Waals surface area contributed by atoms with Gasteiger partial charge >= 0.3 is 0 Å². The lowest BCUT2D eigenvalue weighted by molar-refractivity contribution is 0.413. The maximum absolute atomic E-state index is 13.4. The Bertz CT molecular complexity index is 1210. The molecule has 4 aromatic rings. The molecule has 2 aromatic heterocycles. The molecule has 1 aliphatic rings. The first-order valence-electron chi connectivity index (χ1n) is 8.46. The van der Waals surface area contributed by atoms with Crippen LogP contribution in [0.2, 0.25) is 0 Å². The van der Waals surface area contributed by atoms with Gasteiger partial charge in [-0.15, -0.1) is 0 Å². The van der Waals surface area contributed by atoms with Gasteiger partial charge in [-0.05, 0) is 41.5 Å². The Kier molecular flexibility index (Phi) is 3.50. The van der Waals surface area contributed by atoms with E-state index in [2.05, 4.69) is 15.0 Å². The summed E-state index contributed by atoms with van der Waals surface area (Å²) in [5, 5.41) is 0. The molecule has 3 heterocycles. The van der Waals surface area contributed by atoms with Crippen LogP contribution in [-0.2, 0) is 6.42 Å². The molecule has 2 aromatic carbocycles. The number of oxazole rings is 1. The number of aromatic nitrogens is 2. The minimum Gasteiger partial charge on any atom is -0.495 e. The van der Waals surface area contributed by atoms with Crippen LogP contribution in [0.15, 0.2) is 64.3 Å². The van der Waals surface area contributed by atoms with Crippen molar-refractivity contribution in [1.82, 2.24) is 9.97 Å². The summed E-state index contributed by atoms with van der Waals surface area (Å²) in [7, 11) is 1.61. The van der Waals surface area contributed by atoms with Crippen LogP contribution < -0.4 is 4.74 Å². The van der Waals surface area contributed by atoms with Crippen molar-refractivity contribution in [3.8, 4) is 16.9 Å². The number of halogens is 1. The van der Waals surface area contributed by atoms with E-state index >= 15 is 0 Å². The lowest BCUT2D eigenvalue weighted by atomic mass is 10.1. The van der Waals surface area contributed by atoms with Crippen LogP contribution >= 0.6 is 0 Å². The number of fused-ring (bicyclic) bond motifs is 2.